The number of likely N-dealkylation sites (tertiary alicyclic amines) is 1. The Morgan fingerprint density at radius 2 is 2.12 bits per heavy atom. The molecule has 0 aromatic rings. The Kier molecular flexibility index (Phi) is 3.38. The molecule has 0 bridgehead atoms. The molecule has 3 N–H and O–H groups in total. The Balaban J connectivity index is 1.81. The number of carboxylic acid groups (broad SMARTS) is 1. The molecule has 0 radical (unpaired) electrons. The molecule has 17 heavy (non-hydrogen) atoms. The largest absolute Gasteiger partial charge is 0.481 e. The number of carbonyl (C=O) groups excluding carboxylic acids is 1. The number of hydrogen-bond acceptors (Lipinski definition) is 3. The van der Waals surface area contributed by atoms with Crippen LogP contribution in [0.3, 0.4) is 0 Å². The topological polar surface area (TPSA) is 83.6 Å². The average Bonchev–Trinajstić information content (AvgIpc) is 2.97. The lowest BCUT2D eigenvalue weighted by Crippen LogP contribution is -2.39. The highest BCUT2D eigenvalue weighted by Gasteiger charge is 2.51. The summed E-state index contributed by atoms with van der Waals surface area (Å²) in [6.07, 6.45) is 3.64. The maximum Gasteiger partial charge on any atom is 0.303 e. The van der Waals surface area contributed by atoms with Gasteiger partial charge < -0.3 is 15.7 Å². The number of carboxylic acids is 1. The van der Waals surface area contributed by atoms with E-state index in [1.165, 1.54) is 0 Å². The Labute approximate surface area is 101 Å². The van der Waals surface area contributed by atoms with Gasteiger partial charge in [0, 0.05) is 26.1 Å². The summed E-state index contributed by atoms with van der Waals surface area (Å²) in [4.78, 5) is 24.5. The lowest BCUT2D eigenvalue weighted by Gasteiger charge is -2.22. The maximum absolute atomic E-state index is 12.2. The Bertz CT molecular complexity index is 326. The van der Waals surface area contributed by atoms with Crippen LogP contribution in [0.5, 0.6) is 0 Å². The van der Waals surface area contributed by atoms with Crippen molar-refractivity contribution in [1.29, 1.82) is 0 Å². The van der Waals surface area contributed by atoms with Gasteiger partial charge in [0.2, 0.25) is 5.91 Å². The van der Waals surface area contributed by atoms with E-state index in [-0.39, 0.29) is 17.7 Å². The van der Waals surface area contributed by atoms with Crippen molar-refractivity contribution in [3.63, 3.8) is 0 Å². The molecule has 1 amide bonds. The molecular formula is C12H20N2O3. The highest BCUT2D eigenvalue weighted by molar-refractivity contribution is 5.85. The third kappa shape index (κ3) is 2.60. The summed E-state index contributed by atoms with van der Waals surface area (Å²) in [5.41, 5.74) is 5.38. The van der Waals surface area contributed by atoms with Gasteiger partial charge >= 0.3 is 5.97 Å². The van der Waals surface area contributed by atoms with Crippen molar-refractivity contribution < 1.29 is 14.7 Å². The van der Waals surface area contributed by atoms with Gasteiger partial charge in [-0.1, -0.05) is 0 Å². The summed E-state index contributed by atoms with van der Waals surface area (Å²) in [5.74, 6) is -0.211. The molecule has 1 unspecified atom stereocenters. The van der Waals surface area contributed by atoms with Crippen LogP contribution >= 0.6 is 0 Å². The molecule has 2 fully saturated rings. The van der Waals surface area contributed by atoms with Crippen molar-refractivity contribution in [3.05, 3.63) is 0 Å². The van der Waals surface area contributed by atoms with Crippen LogP contribution in [0.25, 0.3) is 0 Å². The molecule has 1 aliphatic carbocycles. The molecular weight excluding hydrogens is 220 g/mol. The third-order valence-corrected chi connectivity index (χ3v) is 4.04. The predicted octanol–water partition coefficient (Wildman–Crippen LogP) is 0.439. The fourth-order valence-electron chi connectivity index (χ4n) is 2.57. The van der Waals surface area contributed by atoms with Crippen molar-refractivity contribution in [2.24, 2.45) is 17.1 Å². The molecule has 1 saturated heterocycles. The van der Waals surface area contributed by atoms with Gasteiger partial charge in [0.25, 0.3) is 0 Å². The smallest absolute Gasteiger partial charge is 0.303 e. The second-order valence-electron chi connectivity index (χ2n) is 5.32. The second kappa shape index (κ2) is 4.64. The van der Waals surface area contributed by atoms with Gasteiger partial charge in [-0.25, -0.2) is 0 Å². The number of carbonyl (C=O) groups is 2. The van der Waals surface area contributed by atoms with E-state index in [1.54, 1.807) is 0 Å². The summed E-state index contributed by atoms with van der Waals surface area (Å²) >= 11 is 0. The zero-order valence-corrected chi connectivity index (χ0v) is 10.0. The van der Waals surface area contributed by atoms with E-state index in [0.29, 0.717) is 25.4 Å². The number of aliphatic carboxylic acids is 1. The number of hydrogen-bond donors (Lipinski definition) is 2. The van der Waals surface area contributed by atoms with Crippen LogP contribution < -0.4 is 5.73 Å². The molecule has 2 aliphatic rings. The van der Waals surface area contributed by atoms with Gasteiger partial charge in [0.1, 0.15) is 0 Å². The minimum Gasteiger partial charge on any atom is -0.481 e. The van der Waals surface area contributed by atoms with Gasteiger partial charge in [-0.05, 0) is 31.6 Å². The predicted molar refractivity (Wildman–Crippen MR) is 62.3 cm³/mol. The van der Waals surface area contributed by atoms with E-state index in [2.05, 4.69) is 0 Å². The van der Waals surface area contributed by atoms with Crippen LogP contribution in [-0.4, -0.2) is 41.5 Å². The molecule has 5 heteroatoms. The van der Waals surface area contributed by atoms with E-state index < -0.39 is 5.97 Å². The molecule has 1 atom stereocenters. The van der Waals surface area contributed by atoms with Crippen LogP contribution in [0.2, 0.25) is 0 Å². The standard InChI is InChI=1S/C12H20N2O3/c13-8-12(4-5-12)11(17)14-6-3-9(7-14)1-2-10(15)16/h9H,1-8,13H2,(H,15,16). The fourth-order valence-corrected chi connectivity index (χ4v) is 2.57. The minimum atomic E-state index is -0.754. The molecule has 0 aromatic heterocycles. The Hall–Kier alpha value is -1.10. The molecule has 1 heterocycles. The zero-order chi connectivity index (χ0) is 12.5. The SMILES string of the molecule is NCC1(C(=O)N2CCC(CCC(=O)O)C2)CC1. The number of rotatable bonds is 5. The third-order valence-electron chi connectivity index (χ3n) is 4.04. The fraction of sp³-hybridized carbons (Fsp3) is 0.833. The van der Waals surface area contributed by atoms with Gasteiger partial charge in [-0.3, -0.25) is 9.59 Å². The number of nitrogens with zero attached hydrogens (tertiary/aromatic N) is 1. The van der Waals surface area contributed by atoms with E-state index in [9.17, 15) is 9.59 Å². The van der Waals surface area contributed by atoms with E-state index >= 15 is 0 Å². The first kappa shape index (κ1) is 12.4. The van der Waals surface area contributed by atoms with Gasteiger partial charge in [-0.15, -0.1) is 0 Å². The number of nitrogens with two attached hydrogens (primary N) is 1. The quantitative estimate of drug-likeness (QED) is 0.730. The van der Waals surface area contributed by atoms with Crippen molar-refractivity contribution in [2.45, 2.75) is 32.1 Å². The molecule has 96 valence electrons. The molecule has 2 rings (SSSR count). The first-order valence-electron chi connectivity index (χ1n) is 6.29. The summed E-state index contributed by atoms with van der Waals surface area (Å²) < 4.78 is 0. The molecule has 0 aromatic carbocycles. The van der Waals surface area contributed by atoms with Crippen LogP contribution in [0.4, 0.5) is 0 Å². The Morgan fingerprint density at radius 3 is 2.65 bits per heavy atom. The van der Waals surface area contributed by atoms with E-state index in [1.807, 2.05) is 4.90 Å². The van der Waals surface area contributed by atoms with Crippen molar-refractivity contribution >= 4 is 11.9 Å². The summed E-state index contributed by atoms with van der Waals surface area (Å²) in [6.45, 7) is 1.93. The minimum absolute atomic E-state index is 0.192. The highest BCUT2D eigenvalue weighted by atomic mass is 16.4. The molecule has 0 spiro atoms. The first-order valence-corrected chi connectivity index (χ1v) is 6.29. The Morgan fingerprint density at radius 1 is 1.41 bits per heavy atom. The van der Waals surface area contributed by atoms with Crippen molar-refractivity contribution in [3.8, 4) is 0 Å². The van der Waals surface area contributed by atoms with Crippen molar-refractivity contribution in [1.82, 2.24) is 4.90 Å². The van der Waals surface area contributed by atoms with Gasteiger partial charge in [-0.2, -0.15) is 0 Å². The van der Waals surface area contributed by atoms with E-state index in [0.717, 1.165) is 25.8 Å². The summed E-state index contributed by atoms with van der Waals surface area (Å²) in [7, 11) is 0. The normalized spacial score (nSPS) is 25.9. The van der Waals surface area contributed by atoms with Gasteiger partial charge in [0.15, 0.2) is 0 Å². The van der Waals surface area contributed by atoms with Gasteiger partial charge in [0.05, 0.1) is 5.41 Å². The highest BCUT2D eigenvalue weighted by Crippen LogP contribution is 2.46. The van der Waals surface area contributed by atoms with Crippen LogP contribution in [0.15, 0.2) is 0 Å². The molecule has 5 nitrogen and oxygen atoms in total. The second-order valence-corrected chi connectivity index (χ2v) is 5.32. The van der Waals surface area contributed by atoms with Crippen molar-refractivity contribution in [2.75, 3.05) is 19.6 Å². The van der Waals surface area contributed by atoms with Crippen LogP contribution in [0.1, 0.15) is 32.1 Å². The lowest BCUT2D eigenvalue weighted by molar-refractivity contribution is -0.137. The molecule has 1 saturated carbocycles. The molecule has 1 aliphatic heterocycles. The number of amides is 1. The van der Waals surface area contributed by atoms with Crippen LogP contribution in [-0.2, 0) is 9.59 Å². The average molecular weight is 240 g/mol. The summed E-state index contributed by atoms with van der Waals surface area (Å²) in [5, 5.41) is 8.63. The maximum atomic E-state index is 12.2. The zero-order valence-electron chi connectivity index (χ0n) is 10.0. The monoisotopic (exact) mass is 240 g/mol. The first-order chi connectivity index (χ1) is 8.07. The lowest BCUT2D eigenvalue weighted by atomic mass is 10.0. The summed E-state index contributed by atoms with van der Waals surface area (Å²) in [6, 6.07) is 0. The van der Waals surface area contributed by atoms with E-state index in [4.69, 9.17) is 10.8 Å². The van der Waals surface area contributed by atoms with Crippen LogP contribution in [0, 0.1) is 11.3 Å².